The van der Waals surface area contributed by atoms with Gasteiger partial charge in [-0.05, 0) is 36.2 Å². The van der Waals surface area contributed by atoms with Crippen molar-refractivity contribution >= 4 is 27.5 Å². The number of alkyl halides is 1. The molecule has 0 fully saturated rings. The summed E-state index contributed by atoms with van der Waals surface area (Å²) in [5.74, 6) is 1.07. The van der Waals surface area contributed by atoms with Crippen molar-refractivity contribution in [2.45, 2.75) is 11.2 Å². The van der Waals surface area contributed by atoms with Crippen molar-refractivity contribution < 1.29 is 13.9 Å². The van der Waals surface area contributed by atoms with Gasteiger partial charge in [0.25, 0.3) is 0 Å². The molecule has 0 aliphatic rings. The monoisotopic (exact) mass is 372 g/mol. The van der Waals surface area contributed by atoms with Crippen LogP contribution in [0.15, 0.2) is 36.4 Å². The Kier molecular flexibility index (Phi) is 5.48. The van der Waals surface area contributed by atoms with Crippen molar-refractivity contribution in [1.82, 2.24) is 0 Å². The van der Waals surface area contributed by atoms with Crippen LogP contribution >= 0.6 is 27.5 Å². The Bertz CT molecular complexity index is 591. The lowest BCUT2D eigenvalue weighted by Gasteiger charge is -2.15. The molecular weight excluding hydrogens is 359 g/mol. The molecule has 1 atom stereocenters. The van der Waals surface area contributed by atoms with Crippen molar-refractivity contribution in [2.75, 3.05) is 14.2 Å². The number of hydrogen-bond acceptors (Lipinski definition) is 2. The van der Waals surface area contributed by atoms with E-state index in [-0.39, 0.29) is 10.6 Å². The van der Waals surface area contributed by atoms with Gasteiger partial charge in [-0.3, -0.25) is 0 Å². The zero-order chi connectivity index (χ0) is 15.4. The van der Waals surface area contributed by atoms with Gasteiger partial charge in [0.15, 0.2) is 0 Å². The molecule has 0 aliphatic carbocycles. The highest BCUT2D eigenvalue weighted by Crippen LogP contribution is 2.35. The van der Waals surface area contributed by atoms with E-state index in [1.165, 1.54) is 6.07 Å². The Hall–Kier alpha value is -1.26. The van der Waals surface area contributed by atoms with Gasteiger partial charge in [0.2, 0.25) is 0 Å². The van der Waals surface area contributed by atoms with Gasteiger partial charge in [-0.25, -0.2) is 4.39 Å². The predicted molar refractivity (Wildman–Crippen MR) is 86.3 cm³/mol. The third kappa shape index (κ3) is 3.89. The number of benzene rings is 2. The van der Waals surface area contributed by atoms with Gasteiger partial charge in [0.1, 0.15) is 17.3 Å². The second-order valence-electron chi connectivity index (χ2n) is 4.52. The SMILES string of the molecule is COc1cc(OC)cc(C(Br)Cc2c(F)cccc2Cl)c1. The second-order valence-corrected chi connectivity index (χ2v) is 6.03. The van der Waals surface area contributed by atoms with E-state index in [9.17, 15) is 4.39 Å². The lowest BCUT2D eigenvalue weighted by Crippen LogP contribution is -2.00. The molecule has 0 spiro atoms. The Morgan fingerprint density at radius 1 is 1.14 bits per heavy atom. The third-order valence-electron chi connectivity index (χ3n) is 3.18. The van der Waals surface area contributed by atoms with Crippen LogP contribution in [0.1, 0.15) is 16.0 Å². The predicted octanol–water partition coefficient (Wildman–Crippen LogP) is 5.18. The van der Waals surface area contributed by atoms with E-state index in [1.54, 1.807) is 32.4 Å². The standard InChI is InChI=1S/C16H15BrClFO2/c1-20-11-6-10(7-12(8-11)21-2)14(17)9-13-15(18)4-3-5-16(13)19/h3-8,14H,9H2,1-2H3. The van der Waals surface area contributed by atoms with Crippen molar-refractivity contribution in [1.29, 1.82) is 0 Å². The highest BCUT2D eigenvalue weighted by atomic mass is 79.9. The fraction of sp³-hybridized carbons (Fsp3) is 0.250. The number of halogens is 3. The van der Waals surface area contributed by atoms with Crippen molar-refractivity contribution in [2.24, 2.45) is 0 Å². The molecule has 2 nitrogen and oxygen atoms in total. The average Bonchev–Trinajstić information content (AvgIpc) is 2.50. The maximum absolute atomic E-state index is 13.9. The Balaban J connectivity index is 2.30. The lowest BCUT2D eigenvalue weighted by molar-refractivity contribution is 0.393. The first kappa shape index (κ1) is 16.1. The van der Waals surface area contributed by atoms with Gasteiger partial charge in [0.05, 0.1) is 14.2 Å². The minimum absolute atomic E-state index is 0.101. The van der Waals surface area contributed by atoms with Crippen LogP contribution in [0.3, 0.4) is 0 Å². The van der Waals surface area contributed by atoms with Crippen LogP contribution in [-0.2, 0) is 6.42 Å². The molecule has 1 unspecified atom stereocenters. The minimum Gasteiger partial charge on any atom is -0.497 e. The zero-order valence-electron chi connectivity index (χ0n) is 11.7. The normalized spacial score (nSPS) is 12.0. The summed E-state index contributed by atoms with van der Waals surface area (Å²) in [5.41, 5.74) is 1.42. The Morgan fingerprint density at radius 2 is 1.76 bits per heavy atom. The summed E-state index contributed by atoms with van der Waals surface area (Å²) in [7, 11) is 3.19. The molecular formula is C16H15BrClFO2. The smallest absolute Gasteiger partial charge is 0.127 e. The number of hydrogen-bond donors (Lipinski definition) is 0. The van der Waals surface area contributed by atoms with E-state index in [0.717, 1.165) is 5.56 Å². The molecule has 0 amide bonds. The first-order valence-corrected chi connectivity index (χ1v) is 7.64. The minimum atomic E-state index is -0.304. The molecule has 2 aromatic rings. The molecule has 2 aromatic carbocycles. The molecule has 0 aliphatic heterocycles. The topological polar surface area (TPSA) is 18.5 Å². The summed E-state index contributed by atoms with van der Waals surface area (Å²) in [6.45, 7) is 0. The number of ether oxygens (including phenoxy) is 2. The van der Waals surface area contributed by atoms with Crippen LogP contribution in [0.25, 0.3) is 0 Å². The molecule has 0 bridgehead atoms. The maximum atomic E-state index is 13.9. The van der Waals surface area contributed by atoms with Gasteiger partial charge in [-0.1, -0.05) is 33.6 Å². The van der Waals surface area contributed by atoms with Gasteiger partial charge in [-0.2, -0.15) is 0 Å². The largest absolute Gasteiger partial charge is 0.497 e. The molecule has 0 heterocycles. The first-order valence-electron chi connectivity index (χ1n) is 6.35. The van der Waals surface area contributed by atoms with Crippen LogP contribution in [-0.4, -0.2) is 14.2 Å². The fourth-order valence-electron chi connectivity index (χ4n) is 2.03. The summed E-state index contributed by atoms with van der Waals surface area (Å²) < 4.78 is 24.4. The van der Waals surface area contributed by atoms with Gasteiger partial charge in [0, 0.05) is 21.5 Å². The maximum Gasteiger partial charge on any atom is 0.127 e. The van der Waals surface area contributed by atoms with E-state index in [2.05, 4.69) is 15.9 Å². The van der Waals surface area contributed by atoms with Gasteiger partial charge < -0.3 is 9.47 Å². The summed E-state index contributed by atoms with van der Waals surface area (Å²) in [4.78, 5) is -0.101. The third-order valence-corrected chi connectivity index (χ3v) is 4.39. The van der Waals surface area contributed by atoms with Crippen molar-refractivity contribution in [3.05, 3.63) is 58.4 Å². The van der Waals surface area contributed by atoms with Crippen LogP contribution < -0.4 is 9.47 Å². The summed E-state index contributed by atoms with van der Waals surface area (Å²) >= 11 is 9.65. The highest BCUT2D eigenvalue weighted by Gasteiger charge is 2.16. The van der Waals surface area contributed by atoms with Crippen molar-refractivity contribution in [3.8, 4) is 11.5 Å². The summed E-state index contributed by atoms with van der Waals surface area (Å²) in [5, 5.41) is 0.425. The van der Waals surface area contributed by atoms with E-state index in [1.807, 2.05) is 12.1 Å². The van der Waals surface area contributed by atoms with E-state index >= 15 is 0 Å². The fourth-order valence-corrected chi connectivity index (χ4v) is 2.86. The molecule has 112 valence electrons. The van der Waals surface area contributed by atoms with E-state index < -0.39 is 0 Å². The molecule has 0 radical (unpaired) electrons. The van der Waals surface area contributed by atoms with Crippen LogP contribution in [0.4, 0.5) is 4.39 Å². The molecule has 0 aromatic heterocycles. The van der Waals surface area contributed by atoms with Crippen molar-refractivity contribution in [3.63, 3.8) is 0 Å². The molecule has 21 heavy (non-hydrogen) atoms. The molecule has 2 rings (SSSR count). The van der Waals surface area contributed by atoms with Crippen LogP contribution in [0, 0.1) is 5.82 Å². The Morgan fingerprint density at radius 3 is 2.29 bits per heavy atom. The van der Waals surface area contributed by atoms with E-state index in [4.69, 9.17) is 21.1 Å². The molecule has 0 saturated carbocycles. The summed E-state index contributed by atoms with van der Waals surface area (Å²) in [6.07, 6.45) is 0.432. The van der Waals surface area contributed by atoms with Crippen LogP contribution in [0.2, 0.25) is 5.02 Å². The first-order chi connectivity index (χ1) is 10.0. The Labute approximate surface area is 137 Å². The van der Waals surface area contributed by atoms with Gasteiger partial charge in [-0.15, -0.1) is 0 Å². The van der Waals surface area contributed by atoms with Crippen LogP contribution in [0.5, 0.6) is 11.5 Å². The molecule has 5 heteroatoms. The number of methoxy groups -OCH3 is 2. The lowest BCUT2D eigenvalue weighted by atomic mass is 10.0. The quantitative estimate of drug-likeness (QED) is 0.673. The van der Waals surface area contributed by atoms with Gasteiger partial charge >= 0.3 is 0 Å². The molecule has 0 saturated heterocycles. The molecule has 0 N–H and O–H groups in total. The summed E-state index contributed by atoms with van der Waals surface area (Å²) in [6, 6.07) is 10.3. The highest BCUT2D eigenvalue weighted by molar-refractivity contribution is 9.09. The second kappa shape index (κ2) is 7.14. The number of rotatable bonds is 5. The van der Waals surface area contributed by atoms with E-state index in [0.29, 0.717) is 28.5 Å². The average molecular weight is 374 g/mol. The zero-order valence-corrected chi connectivity index (χ0v) is 14.0.